The van der Waals surface area contributed by atoms with E-state index in [1.807, 2.05) is 0 Å². The van der Waals surface area contributed by atoms with Crippen LogP contribution in [0.5, 0.6) is 0 Å². The second kappa shape index (κ2) is 3.50. The number of hydrogen-bond acceptors (Lipinski definition) is 0. The third kappa shape index (κ3) is 1.68. The van der Waals surface area contributed by atoms with Gasteiger partial charge in [0.25, 0.3) is 0 Å². The smallest absolute Gasteiger partial charge is 0.0136 e. The van der Waals surface area contributed by atoms with Crippen LogP contribution in [0.2, 0.25) is 0 Å². The van der Waals surface area contributed by atoms with E-state index in [0.717, 1.165) is 11.8 Å². The van der Waals surface area contributed by atoms with Crippen molar-refractivity contribution in [3.63, 3.8) is 0 Å². The van der Waals surface area contributed by atoms with Gasteiger partial charge in [-0.3, -0.25) is 0 Å². The predicted molar refractivity (Wildman–Crippen MR) is 66.7 cm³/mol. The molecule has 0 aromatic rings. The van der Waals surface area contributed by atoms with E-state index in [9.17, 15) is 0 Å². The van der Waals surface area contributed by atoms with Crippen LogP contribution in [0.3, 0.4) is 0 Å². The van der Waals surface area contributed by atoms with Crippen LogP contribution in [0.4, 0.5) is 0 Å². The molecule has 0 bridgehead atoms. The summed E-state index contributed by atoms with van der Waals surface area (Å²) in [4.78, 5) is 0. The van der Waals surface area contributed by atoms with E-state index in [1.165, 1.54) is 19.3 Å². The topological polar surface area (TPSA) is 0 Å². The summed E-state index contributed by atoms with van der Waals surface area (Å²) in [5.74, 6) is 1.55. The lowest BCUT2D eigenvalue weighted by atomic mass is 9.62. The molecule has 2 unspecified atom stereocenters. The molecule has 0 aromatic heterocycles. The van der Waals surface area contributed by atoms with Gasteiger partial charge in [-0.25, -0.2) is 0 Å². The van der Waals surface area contributed by atoms with Gasteiger partial charge in [-0.2, -0.15) is 0 Å². The molecule has 0 aliphatic heterocycles. The van der Waals surface area contributed by atoms with Crippen LogP contribution < -0.4 is 0 Å². The maximum Gasteiger partial charge on any atom is -0.0136 e. The highest BCUT2D eigenvalue weighted by Gasteiger charge is 2.37. The maximum atomic E-state index is 2.45. The molecule has 0 amide bonds. The molecule has 2 atom stereocenters. The second-order valence-corrected chi connectivity index (χ2v) is 6.17. The van der Waals surface area contributed by atoms with Crippen LogP contribution in [0, 0.1) is 17.3 Å². The van der Waals surface area contributed by atoms with Gasteiger partial charge in [0.2, 0.25) is 0 Å². The van der Waals surface area contributed by atoms with Gasteiger partial charge in [0, 0.05) is 0 Å². The minimum atomic E-state index is 0.441. The van der Waals surface area contributed by atoms with Gasteiger partial charge < -0.3 is 0 Å². The molecule has 0 spiro atoms. The Balaban J connectivity index is 2.55. The number of rotatable bonds is 0. The fourth-order valence-electron chi connectivity index (χ4n) is 3.60. The van der Waals surface area contributed by atoms with Crippen molar-refractivity contribution < 1.29 is 0 Å². The third-order valence-corrected chi connectivity index (χ3v) is 4.41. The summed E-state index contributed by atoms with van der Waals surface area (Å²) in [7, 11) is 0. The molecule has 2 aliphatic carbocycles. The van der Waals surface area contributed by atoms with E-state index >= 15 is 0 Å². The molecular weight excluding hydrogens is 180 g/mol. The summed E-state index contributed by atoms with van der Waals surface area (Å²) < 4.78 is 0. The first-order valence-electron chi connectivity index (χ1n) is 6.35. The molecule has 0 N–H and O–H groups in total. The third-order valence-electron chi connectivity index (χ3n) is 4.41. The Morgan fingerprint density at radius 1 is 1.20 bits per heavy atom. The van der Waals surface area contributed by atoms with Crippen molar-refractivity contribution in [2.75, 3.05) is 0 Å². The first-order chi connectivity index (χ1) is 6.93. The van der Waals surface area contributed by atoms with Crippen molar-refractivity contribution in [2.24, 2.45) is 17.3 Å². The average molecular weight is 204 g/mol. The highest BCUT2D eigenvalue weighted by molar-refractivity contribution is 5.43. The van der Waals surface area contributed by atoms with Gasteiger partial charge >= 0.3 is 0 Å². The summed E-state index contributed by atoms with van der Waals surface area (Å²) in [6.45, 7) is 12.0. The van der Waals surface area contributed by atoms with Crippen LogP contribution in [0.1, 0.15) is 53.9 Å². The molecule has 0 heterocycles. The molecule has 2 aliphatic rings. The Labute approximate surface area is 94.5 Å². The molecular formula is C15H24. The Hall–Kier alpha value is -0.520. The normalized spacial score (nSPS) is 34.9. The van der Waals surface area contributed by atoms with E-state index in [0.29, 0.717) is 5.41 Å². The first-order valence-corrected chi connectivity index (χ1v) is 6.35. The van der Waals surface area contributed by atoms with Crippen molar-refractivity contribution in [1.82, 2.24) is 0 Å². The standard InChI is InChI=1S/C15H24/c1-10-6-7-12(3)14-13(10)11(2)8-9-15(14,4)5/h6,11-12H,7-9H2,1-5H3. The van der Waals surface area contributed by atoms with Crippen molar-refractivity contribution >= 4 is 0 Å². The van der Waals surface area contributed by atoms with Gasteiger partial charge in [-0.05, 0) is 49.0 Å². The summed E-state index contributed by atoms with van der Waals surface area (Å²) in [5, 5.41) is 0. The average Bonchev–Trinajstić information content (AvgIpc) is 2.16. The number of allylic oxidation sites excluding steroid dienone is 4. The highest BCUT2D eigenvalue weighted by atomic mass is 14.4. The zero-order valence-electron chi connectivity index (χ0n) is 10.9. The molecule has 0 saturated heterocycles. The van der Waals surface area contributed by atoms with Gasteiger partial charge in [-0.15, -0.1) is 0 Å². The minimum absolute atomic E-state index is 0.441. The van der Waals surface area contributed by atoms with E-state index in [2.05, 4.69) is 40.7 Å². The minimum Gasteiger partial charge on any atom is -0.0807 e. The molecule has 0 aromatic carbocycles. The molecule has 0 fully saturated rings. The van der Waals surface area contributed by atoms with E-state index in [-0.39, 0.29) is 0 Å². The fraction of sp³-hybridized carbons (Fsp3) is 0.733. The van der Waals surface area contributed by atoms with Crippen molar-refractivity contribution in [2.45, 2.75) is 53.9 Å². The van der Waals surface area contributed by atoms with Crippen LogP contribution in [0.25, 0.3) is 0 Å². The van der Waals surface area contributed by atoms with E-state index in [1.54, 1.807) is 16.7 Å². The summed E-state index contributed by atoms with van der Waals surface area (Å²) in [6, 6.07) is 0. The molecule has 0 saturated carbocycles. The molecule has 0 radical (unpaired) electrons. The summed E-state index contributed by atoms with van der Waals surface area (Å²) in [6.07, 6.45) is 6.43. The SMILES string of the molecule is CC1=CCC(C)C2=C1C(C)CCC2(C)C. The van der Waals surface area contributed by atoms with Crippen molar-refractivity contribution in [3.8, 4) is 0 Å². The van der Waals surface area contributed by atoms with E-state index in [4.69, 9.17) is 0 Å². The lowest BCUT2D eigenvalue weighted by Gasteiger charge is -2.43. The first kappa shape index (κ1) is 11.0. The van der Waals surface area contributed by atoms with Gasteiger partial charge in [-0.1, -0.05) is 44.9 Å². The Kier molecular flexibility index (Phi) is 2.56. The molecule has 15 heavy (non-hydrogen) atoms. The van der Waals surface area contributed by atoms with Crippen LogP contribution in [-0.2, 0) is 0 Å². The fourth-order valence-corrected chi connectivity index (χ4v) is 3.60. The molecule has 0 nitrogen and oxygen atoms in total. The summed E-state index contributed by atoms with van der Waals surface area (Å²) in [5.41, 5.74) is 5.46. The maximum absolute atomic E-state index is 2.45. The molecule has 0 heteroatoms. The van der Waals surface area contributed by atoms with Gasteiger partial charge in [0.1, 0.15) is 0 Å². The van der Waals surface area contributed by atoms with Crippen LogP contribution >= 0.6 is 0 Å². The Bertz CT molecular complexity index is 328. The Morgan fingerprint density at radius 2 is 1.87 bits per heavy atom. The quantitative estimate of drug-likeness (QED) is 0.535. The van der Waals surface area contributed by atoms with E-state index < -0.39 is 0 Å². The lowest BCUT2D eigenvalue weighted by molar-refractivity contribution is 0.296. The van der Waals surface area contributed by atoms with Gasteiger partial charge in [0.05, 0.1) is 0 Å². The second-order valence-electron chi connectivity index (χ2n) is 6.17. The largest absolute Gasteiger partial charge is 0.0807 e. The molecule has 84 valence electrons. The van der Waals surface area contributed by atoms with Crippen molar-refractivity contribution in [1.29, 1.82) is 0 Å². The zero-order valence-corrected chi connectivity index (χ0v) is 10.9. The van der Waals surface area contributed by atoms with Crippen molar-refractivity contribution in [3.05, 3.63) is 22.8 Å². The number of hydrogen-bond donors (Lipinski definition) is 0. The van der Waals surface area contributed by atoms with Crippen LogP contribution in [0.15, 0.2) is 22.8 Å². The zero-order chi connectivity index (χ0) is 11.2. The van der Waals surface area contributed by atoms with Crippen LogP contribution in [-0.4, -0.2) is 0 Å². The monoisotopic (exact) mass is 204 g/mol. The summed E-state index contributed by atoms with van der Waals surface area (Å²) >= 11 is 0. The lowest BCUT2D eigenvalue weighted by Crippen LogP contribution is -2.30. The highest BCUT2D eigenvalue weighted by Crippen LogP contribution is 2.50. The predicted octanol–water partition coefficient (Wildman–Crippen LogP) is 4.73. The van der Waals surface area contributed by atoms with Gasteiger partial charge in [0.15, 0.2) is 0 Å². The Morgan fingerprint density at radius 3 is 2.47 bits per heavy atom. The molecule has 2 rings (SSSR count).